The van der Waals surface area contributed by atoms with Crippen molar-refractivity contribution in [2.45, 2.75) is 63.9 Å². The van der Waals surface area contributed by atoms with Gasteiger partial charge < -0.3 is 28.5 Å². The molecule has 2 heterocycles. The van der Waals surface area contributed by atoms with Crippen molar-refractivity contribution in [1.82, 2.24) is 0 Å². The minimum atomic E-state index is -0.574. The molecule has 2 saturated heterocycles. The van der Waals surface area contributed by atoms with E-state index in [4.69, 9.17) is 18.9 Å². The van der Waals surface area contributed by atoms with Crippen molar-refractivity contribution in [3.05, 3.63) is 0 Å². The molecule has 4 atom stereocenters. The number of carbonyl (C=O) groups excluding carboxylic acids is 4. The quantitative estimate of drug-likeness (QED) is 0.582. The zero-order valence-electron chi connectivity index (χ0n) is 13.8. The molecule has 2 aliphatic rings. The Labute approximate surface area is 139 Å². The van der Waals surface area contributed by atoms with Gasteiger partial charge in [-0.15, -0.1) is 0 Å². The van der Waals surface area contributed by atoms with E-state index in [0.717, 1.165) is 0 Å². The Morgan fingerprint density at radius 1 is 0.750 bits per heavy atom. The van der Waals surface area contributed by atoms with Crippen molar-refractivity contribution >= 4 is 23.5 Å². The van der Waals surface area contributed by atoms with Crippen molar-refractivity contribution < 1.29 is 38.1 Å². The lowest BCUT2D eigenvalue weighted by molar-refractivity contribution is -0.156. The molecular weight excluding hydrogens is 320 g/mol. The Balaban J connectivity index is 1.78. The Bertz CT molecular complexity index is 468. The molecule has 0 saturated carbocycles. The molecule has 134 valence electrons. The third-order valence-corrected chi connectivity index (χ3v) is 3.89. The highest BCUT2D eigenvalue weighted by molar-refractivity contribution is 5.81. The summed E-state index contributed by atoms with van der Waals surface area (Å²) in [6.07, 6.45) is -1.81. The Morgan fingerprint density at radius 3 is 1.46 bits per heavy atom. The molecule has 0 radical (unpaired) electrons. The number of ketones is 2. The summed E-state index contributed by atoms with van der Waals surface area (Å²) < 4.78 is 21.6. The summed E-state index contributed by atoms with van der Waals surface area (Å²) in [5.41, 5.74) is 0. The average molecular weight is 342 g/mol. The van der Waals surface area contributed by atoms with E-state index < -0.39 is 36.4 Å². The van der Waals surface area contributed by atoms with Gasteiger partial charge in [0.25, 0.3) is 0 Å². The van der Waals surface area contributed by atoms with Gasteiger partial charge in [0, 0.05) is 12.8 Å². The van der Waals surface area contributed by atoms with Gasteiger partial charge in [0.1, 0.15) is 23.8 Å². The van der Waals surface area contributed by atoms with Gasteiger partial charge in [0.2, 0.25) is 0 Å². The van der Waals surface area contributed by atoms with E-state index in [2.05, 4.69) is 0 Å². The molecular formula is C16H22O8. The summed E-state index contributed by atoms with van der Waals surface area (Å²) in [5, 5.41) is 0. The first kappa shape index (κ1) is 18.5. The van der Waals surface area contributed by atoms with Gasteiger partial charge in [-0.2, -0.15) is 0 Å². The molecule has 0 bridgehead atoms. The van der Waals surface area contributed by atoms with Gasteiger partial charge in [0.05, 0.1) is 26.1 Å². The van der Waals surface area contributed by atoms with Crippen molar-refractivity contribution in [2.75, 3.05) is 13.2 Å². The van der Waals surface area contributed by atoms with Crippen LogP contribution in [0.4, 0.5) is 0 Å². The van der Waals surface area contributed by atoms with Crippen LogP contribution in [0.1, 0.15) is 39.5 Å². The average Bonchev–Trinajstić information content (AvgIpc) is 3.07. The lowest BCUT2D eigenvalue weighted by atomic mass is 10.1. The van der Waals surface area contributed by atoms with E-state index in [-0.39, 0.29) is 50.5 Å². The van der Waals surface area contributed by atoms with Gasteiger partial charge in [-0.25, -0.2) is 0 Å². The maximum absolute atomic E-state index is 11.7. The fraction of sp³-hybridized carbons (Fsp3) is 0.750. The topological polar surface area (TPSA) is 105 Å². The van der Waals surface area contributed by atoms with Gasteiger partial charge in [-0.3, -0.25) is 9.59 Å². The van der Waals surface area contributed by atoms with Crippen molar-refractivity contribution in [2.24, 2.45) is 0 Å². The highest BCUT2D eigenvalue weighted by Crippen LogP contribution is 2.31. The predicted octanol–water partition coefficient (Wildman–Crippen LogP) is 0.346. The first-order chi connectivity index (χ1) is 11.4. The number of hydrogen-bond donors (Lipinski definition) is 0. The maximum atomic E-state index is 11.7. The minimum absolute atomic E-state index is 0.0205. The van der Waals surface area contributed by atoms with Crippen LogP contribution in [0.2, 0.25) is 0 Å². The monoisotopic (exact) mass is 342 g/mol. The first-order valence-electron chi connectivity index (χ1n) is 7.98. The van der Waals surface area contributed by atoms with E-state index >= 15 is 0 Å². The molecule has 8 heteroatoms. The third kappa shape index (κ3) is 5.10. The van der Waals surface area contributed by atoms with Crippen LogP contribution in [-0.2, 0) is 38.1 Å². The van der Waals surface area contributed by atoms with Crippen LogP contribution in [0.15, 0.2) is 0 Å². The van der Waals surface area contributed by atoms with Gasteiger partial charge in [-0.1, -0.05) is 0 Å². The maximum Gasteiger partial charge on any atom is 0.306 e. The Morgan fingerprint density at radius 2 is 1.12 bits per heavy atom. The van der Waals surface area contributed by atoms with Crippen LogP contribution in [0, 0.1) is 0 Å². The normalized spacial score (nSPS) is 28.2. The summed E-state index contributed by atoms with van der Waals surface area (Å²) in [7, 11) is 0. The SMILES string of the molecule is CC(=O)CCC(=O)OC1COC2C(OC(=O)CCC(C)=O)COC12. The molecule has 2 fully saturated rings. The molecule has 2 rings (SSSR count). The van der Waals surface area contributed by atoms with E-state index in [1.807, 2.05) is 0 Å². The van der Waals surface area contributed by atoms with Crippen LogP contribution in [0.25, 0.3) is 0 Å². The second-order valence-corrected chi connectivity index (χ2v) is 6.06. The summed E-state index contributed by atoms with van der Waals surface area (Å²) in [6.45, 7) is 3.13. The largest absolute Gasteiger partial charge is 0.457 e. The summed E-state index contributed by atoms with van der Waals surface area (Å²) >= 11 is 0. The number of rotatable bonds is 8. The molecule has 8 nitrogen and oxygen atoms in total. The smallest absolute Gasteiger partial charge is 0.306 e. The van der Waals surface area contributed by atoms with Crippen LogP contribution < -0.4 is 0 Å². The number of Topliss-reactive ketones (excluding diaryl/α,β-unsaturated/α-hetero) is 2. The summed E-state index contributed by atoms with van der Waals surface area (Å²) in [6, 6.07) is 0. The van der Waals surface area contributed by atoms with Gasteiger partial charge in [0.15, 0.2) is 12.2 Å². The van der Waals surface area contributed by atoms with E-state index in [1.54, 1.807) is 0 Å². The molecule has 0 amide bonds. The second kappa shape index (κ2) is 8.34. The van der Waals surface area contributed by atoms with E-state index in [1.165, 1.54) is 13.8 Å². The van der Waals surface area contributed by atoms with Gasteiger partial charge >= 0.3 is 11.9 Å². The number of esters is 2. The zero-order valence-corrected chi connectivity index (χ0v) is 13.8. The number of ether oxygens (including phenoxy) is 4. The number of hydrogen-bond acceptors (Lipinski definition) is 8. The van der Waals surface area contributed by atoms with E-state index in [9.17, 15) is 19.2 Å². The molecule has 0 spiro atoms. The highest BCUT2D eigenvalue weighted by atomic mass is 16.7. The molecule has 0 aromatic carbocycles. The zero-order chi connectivity index (χ0) is 17.7. The molecule has 0 aromatic heterocycles. The van der Waals surface area contributed by atoms with Crippen LogP contribution in [0.5, 0.6) is 0 Å². The second-order valence-electron chi connectivity index (χ2n) is 6.06. The van der Waals surface area contributed by atoms with Gasteiger partial charge in [-0.05, 0) is 13.8 Å². The molecule has 2 aliphatic heterocycles. The van der Waals surface area contributed by atoms with Crippen molar-refractivity contribution in [3.63, 3.8) is 0 Å². The standard InChI is InChI=1S/C16H22O8/c1-9(17)3-5-13(19)23-11-7-21-16-12(8-22-15(11)16)24-14(20)6-4-10(2)18/h11-12,15-16H,3-8H2,1-2H3. The van der Waals surface area contributed by atoms with E-state index in [0.29, 0.717) is 0 Å². The minimum Gasteiger partial charge on any atom is -0.457 e. The molecule has 0 N–H and O–H groups in total. The summed E-state index contributed by atoms with van der Waals surface area (Å²) in [4.78, 5) is 45.2. The lowest BCUT2D eigenvalue weighted by Gasteiger charge is -2.17. The third-order valence-electron chi connectivity index (χ3n) is 3.89. The Kier molecular flexibility index (Phi) is 6.44. The molecule has 4 unspecified atom stereocenters. The number of fused-ring (bicyclic) bond motifs is 1. The van der Waals surface area contributed by atoms with Crippen molar-refractivity contribution in [3.8, 4) is 0 Å². The Hall–Kier alpha value is -1.80. The molecule has 0 aliphatic carbocycles. The van der Waals surface area contributed by atoms with Crippen LogP contribution >= 0.6 is 0 Å². The predicted molar refractivity (Wildman–Crippen MR) is 79.1 cm³/mol. The lowest BCUT2D eigenvalue weighted by Crippen LogP contribution is -2.36. The molecule has 0 aromatic rings. The highest BCUT2D eigenvalue weighted by Gasteiger charge is 2.51. The number of carbonyl (C=O) groups is 4. The van der Waals surface area contributed by atoms with Crippen LogP contribution in [0.3, 0.4) is 0 Å². The molecule has 24 heavy (non-hydrogen) atoms. The van der Waals surface area contributed by atoms with Crippen molar-refractivity contribution in [1.29, 1.82) is 0 Å². The summed E-state index contributed by atoms with van der Waals surface area (Å²) in [5.74, 6) is -1.13. The first-order valence-corrected chi connectivity index (χ1v) is 7.98. The fourth-order valence-corrected chi connectivity index (χ4v) is 2.64. The fourth-order valence-electron chi connectivity index (χ4n) is 2.64. The van der Waals surface area contributed by atoms with Crippen LogP contribution in [-0.4, -0.2) is 61.1 Å².